The molecule has 1 fully saturated rings. The minimum Gasteiger partial charge on any atom is -0.337 e. The van der Waals surface area contributed by atoms with Crippen LogP contribution >= 0.6 is 0 Å². The molecule has 0 saturated carbocycles. The molecule has 0 bridgehead atoms. The third-order valence-corrected chi connectivity index (χ3v) is 3.29. The van der Waals surface area contributed by atoms with Crippen molar-refractivity contribution < 1.29 is 9.72 Å². The van der Waals surface area contributed by atoms with Gasteiger partial charge in [0.1, 0.15) is 5.69 Å². The number of aromatic nitrogens is 1. The summed E-state index contributed by atoms with van der Waals surface area (Å²) in [6.07, 6.45) is 3.01. The maximum Gasteiger partial charge on any atom is 0.287 e. The van der Waals surface area contributed by atoms with Gasteiger partial charge in [-0.3, -0.25) is 14.9 Å². The molecular weight excluding hydrogens is 248 g/mol. The fourth-order valence-electron chi connectivity index (χ4n) is 2.33. The van der Waals surface area contributed by atoms with Gasteiger partial charge in [0, 0.05) is 31.7 Å². The molecule has 1 atom stereocenters. The average Bonchev–Trinajstić information content (AvgIpc) is 2.95. The summed E-state index contributed by atoms with van der Waals surface area (Å²) in [5, 5.41) is 10.8. The van der Waals surface area contributed by atoms with Crippen molar-refractivity contribution in [2.45, 2.75) is 32.4 Å². The van der Waals surface area contributed by atoms with E-state index in [4.69, 9.17) is 5.73 Å². The third-order valence-electron chi connectivity index (χ3n) is 3.29. The standard InChI is InChI=1S/C12H18N4O3/c1-2-4-14-8-10(16(18)19)6-11(14)12(17)15-5-3-9(13)7-15/h6,8-9H,2-5,7,13H2,1H3/t9-/m0/s1. The normalized spacial score (nSPS) is 18.8. The summed E-state index contributed by atoms with van der Waals surface area (Å²) in [5.74, 6) is -0.172. The molecule has 1 aromatic rings. The van der Waals surface area contributed by atoms with E-state index in [9.17, 15) is 14.9 Å². The van der Waals surface area contributed by atoms with Crippen LogP contribution in [0.5, 0.6) is 0 Å². The fourth-order valence-corrected chi connectivity index (χ4v) is 2.33. The Morgan fingerprint density at radius 1 is 1.63 bits per heavy atom. The van der Waals surface area contributed by atoms with Gasteiger partial charge in [-0.1, -0.05) is 6.92 Å². The highest BCUT2D eigenvalue weighted by Crippen LogP contribution is 2.20. The summed E-state index contributed by atoms with van der Waals surface area (Å²) in [6.45, 7) is 3.69. The largest absolute Gasteiger partial charge is 0.337 e. The number of hydrogen-bond acceptors (Lipinski definition) is 4. The zero-order chi connectivity index (χ0) is 14.0. The van der Waals surface area contributed by atoms with Crippen molar-refractivity contribution in [1.29, 1.82) is 0 Å². The topological polar surface area (TPSA) is 94.4 Å². The van der Waals surface area contributed by atoms with E-state index in [0.717, 1.165) is 12.8 Å². The monoisotopic (exact) mass is 266 g/mol. The van der Waals surface area contributed by atoms with Gasteiger partial charge in [0.25, 0.3) is 11.6 Å². The number of nitrogens with two attached hydrogens (primary N) is 1. The Hall–Kier alpha value is -1.89. The molecule has 104 valence electrons. The Bertz CT molecular complexity index is 497. The third kappa shape index (κ3) is 2.76. The summed E-state index contributed by atoms with van der Waals surface area (Å²) in [6, 6.07) is 1.36. The molecule has 0 spiro atoms. The number of nitrogens with zero attached hydrogens (tertiary/aromatic N) is 3. The van der Waals surface area contributed by atoms with E-state index in [1.165, 1.54) is 12.3 Å². The second kappa shape index (κ2) is 5.40. The minimum atomic E-state index is -0.474. The highest BCUT2D eigenvalue weighted by atomic mass is 16.6. The molecule has 1 amide bonds. The lowest BCUT2D eigenvalue weighted by molar-refractivity contribution is -0.384. The lowest BCUT2D eigenvalue weighted by Crippen LogP contribution is -2.33. The molecule has 2 N–H and O–H groups in total. The van der Waals surface area contributed by atoms with Crippen LogP contribution in [0.15, 0.2) is 12.3 Å². The molecule has 0 unspecified atom stereocenters. The van der Waals surface area contributed by atoms with E-state index in [-0.39, 0.29) is 17.6 Å². The smallest absolute Gasteiger partial charge is 0.287 e. The fraction of sp³-hybridized carbons (Fsp3) is 0.583. The Balaban J connectivity index is 2.26. The molecule has 1 aliphatic rings. The lowest BCUT2D eigenvalue weighted by Gasteiger charge is -2.16. The number of carbonyl (C=O) groups excluding carboxylic acids is 1. The summed E-state index contributed by atoms with van der Waals surface area (Å²) in [4.78, 5) is 24.4. The molecule has 19 heavy (non-hydrogen) atoms. The van der Waals surface area contributed by atoms with Crippen molar-refractivity contribution in [2.24, 2.45) is 5.73 Å². The van der Waals surface area contributed by atoms with Crippen molar-refractivity contribution in [3.63, 3.8) is 0 Å². The first-order valence-electron chi connectivity index (χ1n) is 6.42. The second-order valence-electron chi connectivity index (χ2n) is 4.83. The Morgan fingerprint density at radius 2 is 2.37 bits per heavy atom. The predicted molar refractivity (Wildman–Crippen MR) is 69.9 cm³/mol. The highest BCUT2D eigenvalue weighted by molar-refractivity contribution is 5.93. The molecule has 7 heteroatoms. The number of aryl methyl sites for hydroxylation is 1. The van der Waals surface area contributed by atoms with Crippen LogP contribution in [0.2, 0.25) is 0 Å². The van der Waals surface area contributed by atoms with E-state index in [2.05, 4.69) is 0 Å². The van der Waals surface area contributed by atoms with Crippen molar-refractivity contribution in [3.05, 3.63) is 28.1 Å². The quantitative estimate of drug-likeness (QED) is 0.649. The van der Waals surface area contributed by atoms with Gasteiger partial charge in [-0.25, -0.2) is 0 Å². The van der Waals surface area contributed by atoms with Crippen LogP contribution in [-0.2, 0) is 6.54 Å². The van der Waals surface area contributed by atoms with Crippen LogP contribution in [0, 0.1) is 10.1 Å². The van der Waals surface area contributed by atoms with Gasteiger partial charge in [-0.2, -0.15) is 0 Å². The van der Waals surface area contributed by atoms with Crippen LogP contribution in [0.3, 0.4) is 0 Å². The van der Waals surface area contributed by atoms with E-state index in [0.29, 0.717) is 25.3 Å². The number of rotatable bonds is 4. The SMILES string of the molecule is CCCn1cc([N+](=O)[O-])cc1C(=O)N1CC[C@H](N)C1. The minimum absolute atomic E-state index is 0.00789. The first kappa shape index (κ1) is 13.5. The van der Waals surface area contributed by atoms with Crippen LogP contribution < -0.4 is 5.73 Å². The number of likely N-dealkylation sites (tertiary alicyclic amines) is 1. The van der Waals surface area contributed by atoms with Crippen molar-refractivity contribution >= 4 is 11.6 Å². The molecule has 2 heterocycles. The Morgan fingerprint density at radius 3 is 2.89 bits per heavy atom. The van der Waals surface area contributed by atoms with Crippen LogP contribution in [0.25, 0.3) is 0 Å². The Kier molecular flexibility index (Phi) is 3.84. The van der Waals surface area contributed by atoms with Gasteiger partial charge in [0.15, 0.2) is 0 Å². The average molecular weight is 266 g/mol. The Labute approximate surface area is 111 Å². The van der Waals surface area contributed by atoms with Crippen molar-refractivity contribution in [2.75, 3.05) is 13.1 Å². The van der Waals surface area contributed by atoms with Crippen LogP contribution in [-0.4, -0.2) is 39.4 Å². The van der Waals surface area contributed by atoms with E-state index < -0.39 is 4.92 Å². The molecule has 1 saturated heterocycles. The van der Waals surface area contributed by atoms with Gasteiger partial charge < -0.3 is 15.2 Å². The molecule has 1 aliphatic heterocycles. The van der Waals surface area contributed by atoms with Gasteiger partial charge in [0.2, 0.25) is 0 Å². The van der Waals surface area contributed by atoms with E-state index >= 15 is 0 Å². The number of nitro groups is 1. The molecule has 0 radical (unpaired) electrons. The maximum atomic E-state index is 12.4. The second-order valence-corrected chi connectivity index (χ2v) is 4.83. The van der Waals surface area contributed by atoms with Crippen LogP contribution in [0.4, 0.5) is 5.69 Å². The first-order chi connectivity index (χ1) is 9.02. The van der Waals surface area contributed by atoms with Crippen molar-refractivity contribution in [1.82, 2.24) is 9.47 Å². The van der Waals surface area contributed by atoms with Gasteiger partial charge in [0.05, 0.1) is 11.1 Å². The molecular formula is C12H18N4O3. The summed E-state index contributed by atoms with van der Waals surface area (Å²) >= 11 is 0. The highest BCUT2D eigenvalue weighted by Gasteiger charge is 2.28. The molecule has 2 rings (SSSR count). The van der Waals surface area contributed by atoms with Crippen LogP contribution in [0.1, 0.15) is 30.3 Å². The zero-order valence-corrected chi connectivity index (χ0v) is 10.9. The summed E-state index contributed by atoms with van der Waals surface area (Å²) in [7, 11) is 0. The number of hydrogen-bond donors (Lipinski definition) is 1. The van der Waals surface area contributed by atoms with Crippen molar-refractivity contribution in [3.8, 4) is 0 Å². The van der Waals surface area contributed by atoms with E-state index in [1.807, 2.05) is 6.92 Å². The first-order valence-corrected chi connectivity index (χ1v) is 6.42. The number of carbonyl (C=O) groups is 1. The molecule has 0 aromatic carbocycles. The predicted octanol–water partition coefficient (Wildman–Crippen LogP) is 0.979. The molecule has 1 aromatic heterocycles. The maximum absolute atomic E-state index is 12.4. The molecule has 0 aliphatic carbocycles. The van der Waals surface area contributed by atoms with Gasteiger partial charge >= 0.3 is 0 Å². The van der Waals surface area contributed by atoms with E-state index in [1.54, 1.807) is 9.47 Å². The number of amides is 1. The summed E-state index contributed by atoms with van der Waals surface area (Å²) in [5.41, 5.74) is 6.12. The van der Waals surface area contributed by atoms with Gasteiger partial charge in [-0.15, -0.1) is 0 Å². The summed E-state index contributed by atoms with van der Waals surface area (Å²) < 4.78 is 1.66. The van der Waals surface area contributed by atoms with Gasteiger partial charge in [-0.05, 0) is 12.8 Å². The molecule has 7 nitrogen and oxygen atoms in total. The lowest BCUT2D eigenvalue weighted by atomic mass is 10.3. The zero-order valence-electron chi connectivity index (χ0n) is 10.9.